The number of aromatic nitrogens is 2. The molecule has 32 heavy (non-hydrogen) atoms. The third-order valence-corrected chi connectivity index (χ3v) is 5.04. The zero-order valence-corrected chi connectivity index (χ0v) is 19.1. The number of aryl methyl sites for hydroxylation is 1. The minimum Gasteiger partial charge on any atom is -0.444 e. The first-order chi connectivity index (χ1) is 14.7. The first-order valence-electron chi connectivity index (χ1n) is 10.4. The van der Waals surface area contributed by atoms with Crippen molar-refractivity contribution in [2.24, 2.45) is 0 Å². The zero-order chi connectivity index (χ0) is 23.8. The van der Waals surface area contributed by atoms with Crippen molar-refractivity contribution >= 4 is 11.9 Å². The molecule has 1 saturated heterocycles. The second kappa shape index (κ2) is 8.55. The lowest BCUT2D eigenvalue weighted by atomic mass is 10.1. The van der Waals surface area contributed by atoms with Crippen LogP contribution in [-0.2, 0) is 4.74 Å². The van der Waals surface area contributed by atoms with Crippen LogP contribution in [-0.4, -0.2) is 57.9 Å². The lowest BCUT2D eigenvalue weighted by Gasteiger charge is -2.44. The average molecular weight is 454 g/mol. The van der Waals surface area contributed by atoms with E-state index in [-0.39, 0.29) is 23.9 Å². The van der Waals surface area contributed by atoms with Gasteiger partial charge < -0.3 is 14.4 Å². The number of benzene rings is 1. The van der Waals surface area contributed by atoms with Crippen LogP contribution in [0, 0.1) is 6.92 Å². The largest absolute Gasteiger partial charge is 0.573 e. The maximum absolute atomic E-state index is 12.6. The normalized spacial score (nSPS) is 19.8. The topological polar surface area (TPSA) is 59.8 Å². The van der Waals surface area contributed by atoms with Gasteiger partial charge in [-0.25, -0.2) is 9.48 Å². The van der Waals surface area contributed by atoms with Gasteiger partial charge in [-0.15, -0.1) is 13.2 Å². The highest BCUT2D eigenvalue weighted by Crippen LogP contribution is 2.27. The van der Waals surface area contributed by atoms with E-state index >= 15 is 0 Å². The van der Waals surface area contributed by atoms with Gasteiger partial charge in [-0.1, -0.05) is 0 Å². The molecule has 1 fully saturated rings. The maximum atomic E-state index is 12.6. The summed E-state index contributed by atoms with van der Waals surface area (Å²) in [7, 11) is 0. The van der Waals surface area contributed by atoms with Crippen LogP contribution in [0.15, 0.2) is 30.3 Å². The van der Waals surface area contributed by atoms with Crippen molar-refractivity contribution in [2.45, 2.75) is 65.6 Å². The fourth-order valence-corrected chi connectivity index (χ4v) is 3.85. The Hall–Kier alpha value is -2.91. The molecule has 0 spiro atoms. The number of ether oxygens (including phenoxy) is 2. The third-order valence-electron chi connectivity index (χ3n) is 5.04. The van der Waals surface area contributed by atoms with E-state index in [9.17, 15) is 18.0 Å². The monoisotopic (exact) mass is 454 g/mol. The zero-order valence-electron chi connectivity index (χ0n) is 19.1. The van der Waals surface area contributed by atoms with Crippen LogP contribution in [0.5, 0.6) is 5.75 Å². The van der Waals surface area contributed by atoms with E-state index in [1.54, 1.807) is 9.58 Å². The van der Waals surface area contributed by atoms with Crippen LogP contribution in [0.3, 0.4) is 0 Å². The van der Waals surface area contributed by atoms with E-state index in [2.05, 4.69) is 14.7 Å². The summed E-state index contributed by atoms with van der Waals surface area (Å²) in [5, 5.41) is 4.65. The highest BCUT2D eigenvalue weighted by atomic mass is 19.4. The Morgan fingerprint density at radius 1 is 1.06 bits per heavy atom. The third kappa shape index (κ3) is 5.66. The van der Waals surface area contributed by atoms with Crippen LogP contribution >= 0.6 is 0 Å². The molecule has 10 heteroatoms. The van der Waals surface area contributed by atoms with Gasteiger partial charge in [0.1, 0.15) is 11.4 Å². The molecule has 0 radical (unpaired) electrons. The lowest BCUT2D eigenvalue weighted by molar-refractivity contribution is -0.274. The molecule has 0 bridgehead atoms. The SMILES string of the molecule is Cc1cc(N2CC(C)N(C(=O)OC(C)(C)C)C(C)C2)nn1-c1ccc(OC(F)(F)F)cc1. The van der Waals surface area contributed by atoms with E-state index < -0.39 is 12.0 Å². The number of anilines is 1. The molecule has 0 saturated carbocycles. The summed E-state index contributed by atoms with van der Waals surface area (Å²) >= 11 is 0. The number of carbonyl (C=O) groups is 1. The fraction of sp³-hybridized carbons (Fsp3) is 0.545. The molecule has 2 aromatic rings. The molecule has 7 nitrogen and oxygen atoms in total. The highest BCUT2D eigenvalue weighted by molar-refractivity contribution is 5.69. The number of hydrogen-bond donors (Lipinski definition) is 0. The molecule has 0 aliphatic carbocycles. The minimum atomic E-state index is -4.73. The number of alkyl halides is 3. The maximum Gasteiger partial charge on any atom is 0.573 e. The Kier molecular flexibility index (Phi) is 6.35. The van der Waals surface area contributed by atoms with Crippen molar-refractivity contribution in [1.82, 2.24) is 14.7 Å². The van der Waals surface area contributed by atoms with Crippen molar-refractivity contribution in [1.29, 1.82) is 0 Å². The second-order valence-corrected chi connectivity index (χ2v) is 9.09. The number of piperazine rings is 1. The van der Waals surface area contributed by atoms with Crippen molar-refractivity contribution in [3.05, 3.63) is 36.0 Å². The van der Waals surface area contributed by atoms with E-state index in [4.69, 9.17) is 4.74 Å². The molecule has 1 aliphatic rings. The molecular formula is C22H29F3N4O3. The molecule has 3 rings (SSSR count). The van der Waals surface area contributed by atoms with Crippen molar-refractivity contribution < 1.29 is 27.4 Å². The van der Waals surface area contributed by atoms with Crippen LogP contribution in [0.4, 0.5) is 23.8 Å². The number of halogens is 3. The van der Waals surface area contributed by atoms with Gasteiger partial charge in [0.2, 0.25) is 0 Å². The summed E-state index contributed by atoms with van der Waals surface area (Å²) in [5.74, 6) is 0.452. The van der Waals surface area contributed by atoms with E-state index in [0.717, 1.165) is 11.5 Å². The Balaban J connectivity index is 1.74. The molecule has 1 aromatic heterocycles. The Labute approximate surface area is 185 Å². The van der Waals surface area contributed by atoms with Crippen LogP contribution in [0.25, 0.3) is 5.69 Å². The van der Waals surface area contributed by atoms with E-state index in [1.165, 1.54) is 24.3 Å². The number of amides is 1. The van der Waals surface area contributed by atoms with Gasteiger partial charge in [-0.2, -0.15) is 5.10 Å². The first kappa shape index (κ1) is 23.7. The summed E-state index contributed by atoms with van der Waals surface area (Å²) in [4.78, 5) is 16.5. The molecule has 1 aliphatic heterocycles. The van der Waals surface area contributed by atoms with Gasteiger partial charge in [0.15, 0.2) is 5.82 Å². The van der Waals surface area contributed by atoms with Gasteiger partial charge in [0, 0.05) is 24.8 Å². The van der Waals surface area contributed by atoms with Gasteiger partial charge in [-0.05, 0) is 65.8 Å². The minimum absolute atomic E-state index is 0.0853. The first-order valence-corrected chi connectivity index (χ1v) is 10.4. The second-order valence-electron chi connectivity index (χ2n) is 9.09. The van der Waals surface area contributed by atoms with Crippen molar-refractivity contribution in [2.75, 3.05) is 18.0 Å². The number of nitrogens with zero attached hydrogens (tertiary/aromatic N) is 4. The Morgan fingerprint density at radius 3 is 2.12 bits per heavy atom. The predicted molar refractivity (Wildman–Crippen MR) is 114 cm³/mol. The van der Waals surface area contributed by atoms with Gasteiger partial charge in [0.05, 0.1) is 17.8 Å². The molecule has 2 unspecified atom stereocenters. The summed E-state index contributed by atoms with van der Waals surface area (Å²) in [6.45, 7) is 12.5. The molecule has 2 atom stereocenters. The predicted octanol–water partition coefficient (Wildman–Crippen LogP) is 4.91. The fourth-order valence-electron chi connectivity index (χ4n) is 3.85. The van der Waals surface area contributed by atoms with E-state index in [1.807, 2.05) is 47.6 Å². The average Bonchev–Trinajstić information content (AvgIpc) is 3.00. The molecule has 2 heterocycles. The number of rotatable bonds is 3. The van der Waals surface area contributed by atoms with E-state index in [0.29, 0.717) is 18.8 Å². The smallest absolute Gasteiger partial charge is 0.444 e. The van der Waals surface area contributed by atoms with Gasteiger partial charge in [0.25, 0.3) is 0 Å². The lowest BCUT2D eigenvalue weighted by Crippen LogP contribution is -2.59. The Bertz CT molecular complexity index is 939. The van der Waals surface area contributed by atoms with Crippen LogP contribution in [0.2, 0.25) is 0 Å². The number of carbonyl (C=O) groups excluding carboxylic acids is 1. The molecule has 176 valence electrons. The molecule has 1 amide bonds. The molecule has 0 N–H and O–H groups in total. The number of hydrogen-bond acceptors (Lipinski definition) is 5. The quantitative estimate of drug-likeness (QED) is 0.659. The Morgan fingerprint density at radius 2 is 1.62 bits per heavy atom. The summed E-state index contributed by atoms with van der Waals surface area (Å²) in [6.07, 6.45) is -5.06. The van der Waals surface area contributed by atoms with Gasteiger partial charge in [-0.3, -0.25) is 4.90 Å². The summed E-state index contributed by atoms with van der Waals surface area (Å²) in [5.41, 5.74) is 0.890. The van der Waals surface area contributed by atoms with Crippen LogP contribution in [0.1, 0.15) is 40.3 Å². The standard InChI is InChI=1S/C22H29F3N4O3/c1-14-11-19(26-29(14)17-7-9-18(10-8-17)31-22(23,24)25)27-12-15(2)28(16(3)13-27)20(30)32-21(4,5)6/h7-11,15-16H,12-13H2,1-6H3. The van der Waals surface area contributed by atoms with Crippen molar-refractivity contribution in [3.8, 4) is 11.4 Å². The van der Waals surface area contributed by atoms with Crippen LogP contribution < -0.4 is 9.64 Å². The highest BCUT2D eigenvalue weighted by Gasteiger charge is 2.36. The molecular weight excluding hydrogens is 425 g/mol. The van der Waals surface area contributed by atoms with Crippen molar-refractivity contribution in [3.63, 3.8) is 0 Å². The van der Waals surface area contributed by atoms with Gasteiger partial charge >= 0.3 is 12.5 Å². The molecule has 1 aromatic carbocycles. The summed E-state index contributed by atoms with van der Waals surface area (Å²) < 4.78 is 48.3. The summed E-state index contributed by atoms with van der Waals surface area (Å²) in [6, 6.07) is 7.31.